The Labute approximate surface area is 129 Å². The summed E-state index contributed by atoms with van der Waals surface area (Å²) in [5.41, 5.74) is 0. The van der Waals surface area contributed by atoms with Gasteiger partial charge >= 0.3 is 0 Å². The number of carbonyl (C=O) groups is 1. The molecule has 3 atom stereocenters. The van der Waals surface area contributed by atoms with Crippen molar-refractivity contribution < 1.29 is 9.53 Å². The minimum absolute atomic E-state index is 0.243. The predicted octanol–water partition coefficient (Wildman–Crippen LogP) is 2.43. The number of amides is 1. The highest BCUT2D eigenvalue weighted by Crippen LogP contribution is 2.22. The number of hydrogen-bond donors (Lipinski definition) is 1. The van der Waals surface area contributed by atoms with Crippen LogP contribution in [0.4, 0.5) is 0 Å². The highest BCUT2D eigenvalue weighted by molar-refractivity contribution is 5.76. The lowest BCUT2D eigenvalue weighted by atomic mass is 9.91. The normalized spacial score (nSPS) is 29.4. The van der Waals surface area contributed by atoms with Gasteiger partial charge in [0.1, 0.15) is 0 Å². The summed E-state index contributed by atoms with van der Waals surface area (Å²) in [6.07, 6.45) is 5.97. The van der Waals surface area contributed by atoms with Gasteiger partial charge in [-0.15, -0.1) is 0 Å². The standard InChI is InChI=1S/C17H32N2O2/c1-13(2)16-12-19(9-10-21-16)14(3)5-4-6-15-7-8-18-17(20)11-15/h13-16H,4-12H2,1-3H3,(H,18,20). The van der Waals surface area contributed by atoms with Crippen LogP contribution in [0.2, 0.25) is 0 Å². The fraction of sp³-hybridized carbons (Fsp3) is 0.941. The van der Waals surface area contributed by atoms with E-state index in [9.17, 15) is 4.79 Å². The van der Waals surface area contributed by atoms with Crippen LogP contribution in [0.1, 0.15) is 52.9 Å². The molecule has 21 heavy (non-hydrogen) atoms. The number of morpholine rings is 1. The van der Waals surface area contributed by atoms with Crippen molar-refractivity contribution in [3.8, 4) is 0 Å². The maximum atomic E-state index is 11.4. The van der Waals surface area contributed by atoms with Crippen LogP contribution in [0.5, 0.6) is 0 Å². The van der Waals surface area contributed by atoms with E-state index in [1.54, 1.807) is 0 Å². The minimum Gasteiger partial charge on any atom is -0.375 e. The summed E-state index contributed by atoms with van der Waals surface area (Å²) in [4.78, 5) is 14.0. The van der Waals surface area contributed by atoms with Gasteiger partial charge in [-0.05, 0) is 38.0 Å². The van der Waals surface area contributed by atoms with E-state index in [0.717, 1.165) is 39.1 Å². The number of carbonyl (C=O) groups excluding carboxylic acids is 1. The van der Waals surface area contributed by atoms with Crippen LogP contribution < -0.4 is 5.32 Å². The molecule has 0 radical (unpaired) electrons. The SMILES string of the molecule is CC(C)C1CN(C(C)CCCC2CCNC(=O)C2)CCO1. The molecule has 0 aromatic heterocycles. The molecule has 0 aromatic rings. The van der Waals surface area contributed by atoms with E-state index in [1.165, 1.54) is 19.3 Å². The van der Waals surface area contributed by atoms with Gasteiger partial charge in [0.05, 0.1) is 12.7 Å². The van der Waals surface area contributed by atoms with Gasteiger partial charge in [-0.25, -0.2) is 0 Å². The molecule has 122 valence electrons. The quantitative estimate of drug-likeness (QED) is 0.818. The van der Waals surface area contributed by atoms with Crippen LogP contribution in [0.25, 0.3) is 0 Å². The van der Waals surface area contributed by atoms with Gasteiger partial charge in [0, 0.05) is 32.1 Å². The first kappa shape index (κ1) is 16.8. The van der Waals surface area contributed by atoms with Gasteiger partial charge < -0.3 is 10.1 Å². The molecule has 2 saturated heterocycles. The molecular formula is C17H32N2O2. The van der Waals surface area contributed by atoms with Gasteiger partial charge in [0.2, 0.25) is 5.91 Å². The van der Waals surface area contributed by atoms with Crippen molar-refractivity contribution in [2.24, 2.45) is 11.8 Å². The number of rotatable bonds is 6. The van der Waals surface area contributed by atoms with E-state index in [4.69, 9.17) is 4.74 Å². The van der Waals surface area contributed by atoms with Gasteiger partial charge in [-0.3, -0.25) is 9.69 Å². The summed E-state index contributed by atoms with van der Waals surface area (Å²) in [6, 6.07) is 0.632. The van der Waals surface area contributed by atoms with E-state index in [2.05, 4.69) is 31.0 Å². The summed E-state index contributed by atoms with van der Waals surface area (Å²) >= 11 is 0. The van der Waals surface area contributed by atoms with Crippen LogP contribution in [-0.4, -0.2) is 49.2 Å². The third-order valence-electron chi connectivity index (χ3n) is 5.07. The van der Waals surface area contributed by atoms with E-state index in [1.807, 2.05) is 0 Å². The Morgan fingerprint density at radius 1 is 1.38 bits per heavy atom. The number of piperidine rings is 1. The number of hydrogen-bond acceptors (Lipinski definition) is 3. The Morgan fingerprint density at radius 2 is 2.19 bits per heavy atom. The Morgan fingerprint density at radius 3 is 2.90 bits per heavy atom. The lowest BCUT2D eigenvalue weighted by molar-refractivity contribution is -0.123. The molecule has 1 amide bonds. The van der Waals surface area contributed by atoms with Crippen LogP contribution in [0.3, 0.4) is 0 Å². The molecule has 2 heterocycles. The molecule has 1 N–H and O–H groups in total. The Hall–Kier alpha value is -0.610. The summed E-state index contributed by atoms with van der Waals surface area (Å²) in [7, 11) is 0. The molecule has 2 fully saturated rings. The summed E-state index contributed by atoms with van der Waals surface area (Å²) in [6.45, 7) is 10.7. The fourth-order valence-electron chi connectivity index (χ4n) is 3.48. The van der Waals surface area contributed by atoms with Crippen molar-refractivity contribution in [1.29, 1.82) is 0 Å². The Bertz CT molecular complexity index is 333. The monoisotopic (exact) mass is 296 g/mol. The maximum absolute atomic E-state index is 11.4. The predicted molar refractivity (Wildman–Crippen MR) is 85.2 cm³/mol. The highest BCUT2D eigenvalue weighted by Gasteiger charge is 2.26. The number of nitrogens with one attached hydrogen (secondary N) is 1. The third kappa shape index (κ3) is 5.26. The fourth-order valence-corrected chi connectivity index (χ4v) is 3.48. The molecular weight excluding hydrogens is 264 g/mol. The summed E-state index contributed by atoms with van der Waals surface area (Å²) in [5, 5.41) is 2.92. The average Bonchev–Trinajstić information content (AvgIpc) is 2.47. The van der Waals surface area contributed by atoms with Crippen molar-refractivity contribution >= 4 is 5.91 Å². The number of nitrogens with zero attached hydrogens (tertiary/aromatic N) is 1. The molecule has 4 nitrogen and oxygen atoms in total. The van der Waals surface area contributed by atoms with Gasteiger partial charge in [0.15, 0.2) is 0 Å². The van der Waals surface area contributed by atoms with Crippen LogP contribution in [0, 0.1) is 11.8 Å². The number of ether oxygens (including phenoxy) is 1. The van der Waals surface area contributed by atoms with Gasteiger partial charge in [-0.1, -0.05) is 20.3 Å². The Balaban J connectivity index is 1.66. The highest BCUT2D eigenvalue weighted by atomic mass is 16.5. The van der Waals surface area contributed by atoms with Crippen molar-refractivity contribution in [2.75, 3.05) is 26.2 Å². The van der Waals surface area contributed by atoms with E-state index >= 15 is 0 Å². The zero-order valence-electron chi connectivity index (χ0n) is 13.9. The second kappa shape index (κ2) is 8.14. The average molecular weight is 296 g/mol. The molecule has 0 aromatic carbocycles. The minimum atomic E-state index is 0.243. The molecule has 2 aliphatic rings. The zero-order chi connectivity index (χ0) is 15.2. The molecule has 2 rings (SSSR count). The smallest absolute Gasteiger partial charge is 0.220 e. The topological polar surface area (TPSA) is 41.6 Å². The van der Waals surface area contributed by atoms with Crippen molar-refractivity contribution in [1.82, 2.24) is 10.2 Å². The van der Waals surface area contributed by atoms with Crippen molar-refractivity contribution in [3.63, 3.8) is 0 Å². The first-order chi connectivity index (χ1) is 10.1. The van der Waals surface area contributed by atoms with Crippen LogP contribution in [0.15, 0.2) is 0 Å². The maximum Gasteiger partial charge on any atom is 0.220 e. The van der Waals surface area contributed by atoms with E-state index in [-0.39, 0.29) is 5.91 Å². The molecule has 0 saturated carbocycles. The molecule has 2 aliphatic heterocycles. The molecule has 0 bridgehead atoms. The van der Waals surface area contributed by atoms with Crippen molar-refractivity contribution in [3.05, 3.63) is 0 Å². The summed E-state index contributed by atoms with van der Waals surface area (Å²) < 4.78 is 5.85. The Kier molecular flexibility index (Phi) is 6.49. The molecule has 3 unspecified atom stereocenters. The molecule has 4 heteroatoms. The first-order valence-electron chi connectivity index (χ1n) is 8.68. The largest absolute Gasteiger partial charge is 0.375 e. The third-order valence-corrected chi connectivity index (χ3v) is 5.07. The van der Waals surface area contributed by atoms with Gasteiger partial charge in [0.25, 0.3) is 0 Å². The summed E-state index contributed by atoms with van der Waals surface area (Å²) in [5.74, 6) is 1.45. The first-order valence-corrected chi connectivity index (χ1v) is 8.68. The lowest BCUT2D eigenvalue weighted by Gasteiger charge is -2.38. The van der Waals surface area contributed by atoms with E-state index < -0.39 is 0 Å². The van der Waals surface area contributed by atoms with Gasteiger partial charge in [-0.2, -0.15) is 0 Å². The molecule has 0 spiro atoms. The lowest BCUT2D eigenvalue weighted by Crippen LogP contribution is -2.48. The molecule has 0 aliphatic carbocycles. The van der Waals surface area contributed by atoms with Crippen LogP contribution in [-0.2, 0) is 9.53 Å². The second-order valence-corrected chi connectivity index (χ2v) is 7.14. The second-order valence-electron chi connectivity index (χ2n) is 7.14. The van der Waals surface area contributed by atoms with E-state index in [0.29, 0.717) is 24.0 Å². The zero-order valence-corrected chi connectivity index (χ0v) is 13.9. The van der Waals surface area contributed by atoms with Crippen molar-refractivity contribution in [2.45, 2.75) is 65.0 Å². The van der Waals surface area contributed by atoms with Crippen LogP contribution >= 0.6 is 0 Å².